The first-order chi connectivity index (χ1) is 6.44. The molecule has 2 N–H and O–H groups in total. The lowest BCUT2D eigenvalue weighted by Crippen LogP contribution is -2.49. The standard InChI is InChI=1S/C9H14O4S/c1-9(2)7-6(13-8(9)12)5(11)4(10)3-14-7/h4-7,10-11H,3H2,1-2H3/t4-,5+,6-,7-/m1/s1. The van der Waals surface area contributed by atoms with Crippen LogP contribution in [0.25, 0.3) is 0 Å². The van der Waals surface area contributed by atoms with Crippen molar-refractivity contribution in [2.75, 3.05) is 5.75 Å². The molecule has 2 rings (SSSR count). The van der Waals surface area contributed by atoms with Crippen molar-refractivity contribution in [3.05, 3.63) is 0 Å². The van der Waals surface area contributed by atoms with Crippen LogP contribution in [0.1, 0.15) is 13.8 Å². The van der Waals surface area contributed by atoms with Crippen molar-refractivity contribution in [1.82, 2.24) is 0 Å². The third-order valence-corrected chi connectivity index (χ3v) is 4.71. The van der Waals surface area contributed by atoms with E-state index in [1.54, 1.807) is 0 Å². The summed E-state index contributed by atoms with van der Waals surface area (Å²) in [5, 5.41) is 19.0. The van der Waals surface area contributed by atoms with Crippen molar-refractivity contribution in [3.63, 3.8) is 0 Å². The van der Waals surface area contributed by atoms with E-state index in [-0.39, 0.29) is 11.2 Å². The molecule has 4 nitrogen and oxygen atoms in total. The topological polar surface area (TPSA) is 66.8 Å². The van der Waals surface area contributed by atoms with E-state index < -0.39 is 23.7 Å². The molecule has 4 atom stereocenters. The minimum absolute atomic E-state index is 0.0478. The first-order valence-corrected chi connectivity index (χ1v) is 5.68. The van der Waals surface area contributed by atoms with E-state index in [9.17, 15) is 15.0 Å². The number of fused-ring (bicyclic) bond motifs is 1. The molecular formula is C9H14O4S. The van der Waals surface area contributed by atoms with Crippen LogP contribution >= 0.6 is 11.8 Å². The Morgan fingerprint density at radius 3 is 2.79 bits per heavy atom. The molecule has 2 saturated heterocycles. The first-order valence-electron chi connectivity index (χ1n) is 4.63. The summed E-state index contributed by atoms with van der Waals surface area (Å²) in [5.41, 5.74) is -0.559. The van der Waals surface area contributed by atoms with Crippen LogP contribution in [0, 0.1) is 5.41 Å². The van der Waals surface area contributed by atoms with Crippen molar-refractivity contribution in [2.45, 2.75) is 37.4 Å². The van der Waals surface area contributed by atoms with Gasteiger partial charge in [0.05, 0.1) is 16.8 Å². The number of rotatable bonds is 0. The molecular weight excluding hydrogens is 204 g/mol. The van der Waals surface area contributed by atoms with Gasteiger partial charge in [-0.05, 0) is 13.8 Å². The Morgan fingerprint density at radius 1 is 1.50 bits per heavy atom. The van der Waals surface area contributed by atoms with Crippen molar-refractivity contribution < 1.29 is 19.7 Å². The van der Waals surface area contributed by atoms with Crippen molar-refractivity contribution in [3.8, 4) is 0 Å². The van der Waals surface area contributed by atoms with E-state index in [2.05, 4.69) is 0 Å². The Balaban J connectivity index is 2.25. The van der Waals surface area contributed by atoms with Gasteiger partial charge in [0.2, 0.25) is 0 Å². The predicted molar refractivity (Wildman–Crippen MR) is 51.9 cm³/mol. The zero-order valence-electron chi connectivity index (χ0n) is 8.14. The second-order valence-corrected chi connectivity index (χ2v) is 5.58. The lowest BCUT2D eigenvalue weighted by atomic mass is 9.86. The molecule has 0 aromatic rings. The Kier molecular flexibility index (Phi) is 2.28. The Labute approximate surface area is 86.6 Å². The summed E-state index contributed by atoms with van der Waals surface area (Å²) < 4.78 is 5.09. The molecule has 0 aliphatic carbocycles. The molecule has 0 bridgehead atoms. The quantitative estimate of drug-likeness (QED) is 0.550. The molecule has 0 unspecified atom stereocenters. The SMILES string of the molecule is CC1(C)C(=O)O[C@@H]2[C@@H](O)[C@H](O)CS[C@H]21. The first kappa shape index (κ1) is 10.3. The predicted octanol–water partition coefficient (Wildman–Crippen LogP) is -0.225. The largest absolute Gasteiger partial charge is 0.458 e. The maximum absolute atomic E-state index is 11.5. The van der Waals surface area contributed by atoms with Gasteiger partial charge in [-0.2, -0.15) is 11.8 Å². The van der Waals surface area contributed by atoms with Crippen molar-refractivity contribution in [2.24, 2.45) is 5.41 Å². The van der Waals surface area contributed by atoms with Crippen LogP contribution in [0.5, 0.6) is 0 Å². The minimum atomic E-state index is -0.938. The van der Waals surface area contributed by atoms with E-state index in [1.807, 2.05) is 13.8 Å². The Morgan fingerprint density at radius 2 is 2.14 bits per heavy atom. The maximum atomic E-state index is 11.5. The highest BCUT2D eigenvalue weighted by atomic mass is 32.2. The zero-order valence-corrected chi connectivity index (χ0v) is 8.95. The number of thioether (sulfide) groups is 1. The maximum Gasteiger partial charge on any atom is 0.313 e. The summed E-state index contributed by atoms with van der Waals surface area (Å²) >= 11 is 1.50. The average Bonchev–Trinajstić information content (AvgIpc) is 2.33. The van der Waals surface area contributed by atoms with Crippen LogP contribution in [0.2, 0.25) is 0 Å². The van der Waals surface area contributed by atoms with Gasteiger partial charge in [-0.15, -0.1) is 0 Å². The van der Waals surface area contributed by atoms with Crippen LogP contribution < -0.4 is 0 Å². The van der Waals surface area contributed by atoms with Gasteiger partial charge in [0.15, 0.2) is 0 Å². The molecule has 2 aliphatic rings. The number of hydrogen-bond acceptors (Lipinski definition) is 5. The lowest BCUT2D eigenvalue weighted by Gasteiger charge is -2.34. The number of carbonyl (C=O) groups excluding carboxylic acids is 1. The molecule has 0 saturated carbocycles. The molecule has 0 radical (unpaired) electrons. The van der Waals surface area contributed by atoms with Gasteiger partial charge in [0.1, 0.15) is 12.2 Å². The summed E-state index contributed by atoms with van der Waals surface area (Å²) in [6.07, 6.45) is -2.28. The lowest BCUT2D eigenvalue weighted by molar-refractivity contribution is -0.152. The number of esters is 1. The second-order valence-electron chi connectivity index (χ2n) is 4.40. The second kappa shape index (κ2) is 3.12. The fourth-order valence-corrected chi connectivity index (χ4v) is 3.46. The number of aliphatic hydroxyl groups is 2. The number of carbonyl (C=O) groups is 1. The van der Waals surface area contributed by atoms with Crippen molar-refractivity contribution in [1.29, 1.82) is 0 Å². The van der Waals surface area contributed by atoms with Gasteiger partial charge < -0.3 is 14.9 Å². The van der Waals surface area contributed by atoms with Crippen LogP contribution in [-0.4, -0.2) is 45.5 Å². The van der Waals surface area contributed by atoms with Gasteiger partial charge >= 0.3 is 5.97 Å². The van der Waals surface area contributed by atoms with Crippen LogP contribution in [0.3, 0.4) is 0 Å². The van der Waals surface area contributed by atoms with Crippen molar-refractivity contribution >= 4 is 17.7 Å². The fourth-order valence-electron chi connectivity index (χ4n) is 1.94. The summed E-state index contributed by atoms with van der Waals surface area (Å²) in [7, 11) is 0. The van der Waals surface area contributed by atoms with Gasteiger partial charge in [-0.1, -0.05) is 0 Å². The Hall–Kier alpha value is -0.260. The molecule has 0 spiro atoms. The molecule has 0 amide bonds. The smallest absolute Gasteiger partial charge is 0.313 e. The van der Waals surface area contributed by atoms with Gasteiger partial charge in [0, 0.05) is 5.75 Å². The van der Waals surface area contributed by atoms with E-state index >= 15 is 0 Å². The zero-order chi connectivity index (χ0) is 10.5. The van der Waals surface area contributed by atoms with Gasteiger partial charge in [-0.3, -0.25) is 4.79 Å². The van der Waals surface area contributed by atoms with E-state index in [4.69, 9.17) is 4.74 Å². The van der Waals surface area contributed by atoms with Crippen LogP contribution in [0.4, 0.5) is 0 Å². The van der Waals surface area contributed by atoms with Gasteiger partial charge in [-0.25, -0.2) is 0 Å². The normalized spacial score (nSPS) is 45.9. The number of hydrogen-bond donors (Lipinski definition) is 2. The summed E-state index contributed by atoms with van der Waals surface area (Å²) in [4.78, 5) is 11.5. The fraction of sp³-hybridized carbons (Fsp3) is 0.889. The van der Waals surface area contributed by atoms with E-state index in [0.29, 0.717) is 5.75 Å². The average molecular weight is 218 g/mol. The highest BCUT2D eigenvalue weighted by Gasteiger charge is 2.57. The summed E-state index contributed by atoms with van der Waals surface area (Å²) in [6, 6.07) is 0. The molecule has 5 heteroatoms. The van der Waals surface area contributed by atoms with Crippen LogP contribution in [-0.2, 0) is 9.53 Å². The number of aliphatic hydroxyl groups excluding tert-OH is 2. The highest BCUT2D eigenvalue weighted by molar-refractivity contribution is 8.00. The van der Waals surface area contributed by atoms with Gasteiger partial charge in [0.25, 0.3) is 0 Å². The molecule has 2 aliphatic heterocycles. The van der Waals surface area contributed by atoms with E-state index in [1.165, 1.54) is 11.8 Å². The number of ether oxygens (including phenoxy) is 1. The Bertz CT molecular complexity index is 266. The third-order valence-electron chi connectivity index (χ3n) is 2.96. The molecule has 2 heterocycles. The highest BCUT2D eigenvalue weighted by Crippen LogP contribution is 2.45. The van der Waals surface area contributed by atoms with E-state index in [0.717, 1.165) is 0 Å². The molecule has 0 aromatic heterocycles. The summed E-state index contributed by atoms with van der Waals surface area (Å²) in [6.45, 7) is 3.63. The molecule has 14 heavy (non-hydrogen) atoms. The monoisotopic (exact) mass is 218 g/mol. The third kappa shape index (κ3) is 1.26. The molecule has 0 aromatic carbocycles. The molecule has 80 valence electrons. The summed E-state index contributed by atoms with van der Waals surface area (Å²) in [5.74, 6) is 0.177. The molecule has 2 fully saturated rings. The minimum Gasteiger partial charge on any atom is -0.458 e. The van der Waals surface area contributed by atoms with Crippen LogP contribution in [0.15, 0.2) is 0 Å².